The van der Waals surface area contributed by atoms with Crippen LogP contribution in [0.1, 0.15) is 18.9 Å². The van der Waals surface area contributed by atoms with E-state index in [0.29, 0.717) is 28.8 Å². The van der Waals surface area contributed by atoms with E-state index in [1.807, 2.05) is 0 Å². The largest absolute Gasteiger partial charge is 0.334 e. The van der Waals surface area contributed by atoms with Crippen molar-refractivity contribution in [2.75, 3.05) is 23.5 Å². The van der Waals surface area contributed by atoms with Crippen LogP contribution in [0.5, 0.6) is 0 Å². The number of pyridine rings is 1. The van der Waals surface area contributed by atoms with Crippen LogP contribution in [0, 0.1) is 11.7 Å². The highest BCUT2D eigenvalue weighted by Gasteiger charge is 2.44. The molecule has 1 aromatic carbocycles. The fourth-order valence-corrected chi connectivity index (χ4v) is 4.29. The number of carbonyl (C=O) groups is 1. The molecule has 0 spiro atoms. The van der Waals surface area contributed by atoms with Gasteiger partial charge in [0.1, 0.15) is 23.3 Å². The molecule has 0 radical (unpaired) electrons. The second-order valence-corrected chi connectivity index (χ2v) is 10.0. The molecule has 11 heteroatoms. The Hall–Kier alpha value is -3.08. The van der Waals surface area contributed by atoms with Crippen molar-refractivity contribution in [3.05, 3.63) is 35.9 Å². The van der Waals surface area contributed by atoms with Gasteiger partial charge in [0.05, 0.1) is 28.3 Å². The van der Waals surface area contributed by atoms with Crippen LogP contribution in [-0.2, 0) is 28.1 Å². The van der Waals surface area contributed by atoms with Crippen LogP contribution in [0.4, 0.5) is 26.1 Å². The molecule has 2 atom stereocenters. The number of sulfone groups is 1. The Labute approximate surface area is 184 Å². The van der Waals surface area contributed by atoms with Gasteiger partial charge in [0, 0.05) is 26.4 Å². The number of fused-ring (bicyclic) bond motifs is 1. The molecule has 3 aromatic rings. The molecule has 170 valence electrons. The van der Waals surface area contributed by atoms with Crippen molar-refractivity contribution in [2.24, 2.45) is 13.0 Å². The maximum Gasteiger partial charge on any atom is 0.231 e. The molecule has 32 heavy (non-hydrogen) atoms. The molecule has 1 aliphatic carbocycles. The highest BCUT2D eigenvalue weighted by Crippen LogP contribution is 2.37. The zero-order chi connectivity index (χ0) is 23.4. The van der Waals surface area contributed by atoms with Gasteiger partial charge in [-0.2, -0.15) is 0 Å². The first-order valence-electron chi connectivity index (χ1n) is 10.0. The minimum Gasteiger partial charge on any atom is -0.334 e. The lowest BCUT2D eigenvalue weighted by Crippen LogP contribution is -2.19. The molecule has 2 aromatic heterocycles. The molecule has 0 unspecified atom stereocenters. The predicted octanol–water partition coefficient (Wildman–Crippen LogP) is 3.14. The van der Waals surface area contributed by atoms with Crippen LogP contribution in [-0.4, -0.2) is 48.3 Å². The van der Waals surface area contributed by atoms with E-state index in [1.165, 1.54) is 11.0 Å². The smallest absolute Gasteiger partial charge is 0.231 e. The maximum atomic E-state index is 15.1. The quantitative estimate of drug-likeness (QED) is 0.603. The second-order valence-electron chi connectivity index (χ2n) is 8.00. The van der Waals surface area contributed by atoms with Crippen LogP contribution in [0.2, 0.25) is 0 Å². The zero-order valence-electron chi connectivity index (χ0n) is 18.1. The Kier molecular flexibility index (Phi) is 5.40. The Morgan fingerprint density at radius 1 is 1.34 bits per heavy atom. The van der Waals surface area contributed by atoms with Crippen LogP contribution >= 0.6 is 0 Å². The number of imidazole rings is 1. The van der Waals surface area contributed by atoms with Gasteiger partial charge in [-0.15, -0.1) is 0 Å². The van der Waals surface area contributed by atoms with Gasteiger partial charge >= 0.3 is 0 Å². The summed E-state index contributed by atoms with van der Waals surface area (Å²) in [4.78, 5) is 22.4. The van der Waals surface area contributed by atoms with E-state index in [9.17, 15) is 17.6 Å². The molecular formula is C21H23F2N5O3S. The van der Waals surface area contributed by atoms with E-state index in [-0.39, 0.29) is 22.8 Å². The van der Waals surface area contributed by atoms with Gasteiger partial charge < -0.3 is 14.8 Å². The standard InChI is InChI=1S/C21H23F2N5O3S/c1-5-11-6-12(32(4,30)31)7-15(23)19(11)28(3)17-9-16-18(24-10-27(16)2)20(25-17)26-21(29)13-8-14(13)22/h6-7,9-10,13-14H,5,8H2,1-4H3,(H,25,26,29)/t13-,14+/m0/s1. The first-order chi connectivity index (χ1) is 15.0. The molecule has 1 fully saturated rings. The van der Waals surface area contributed by atoms with Gasteiger partial charge in [0.15, 0.2) is 15.7 Å². The van der Waals surface area contributed by atoms with Crippen molar-refractivity contribution in [2.45, 2.75) is 30.8 Å². The fraction of sp³-hybridized carbons (Fsp3) is 0.381. The zero-order valence-corrected chi connectivity index (χ0v) is 18.9. The average molecular weight is 464 g/mol. The molecule has 8 nitrogen and oxygen atoms in total. The van der Waals surface area contributed by atoms with E-state index < -0.39 is 33.7 Å². The Bertz CT molecular complexity index is 1340. The Morgan fingerprint density at radius 3 is 2.62 bits per heavy atom. The normalized spacial score (nSPS) is 18.1. The van der Waals surface area contributed by atoms with Crippen LogP contribution in [0.3, 0.4) is 0 Å². The lowest BCUT2D eigenvalue weighted by Gasteiger charge is -2.23. The average Bonchev–Trinajstić information content (AvgIpc) is 3.35. The summed E-state index contributed by atoms with van der Waals surface area (Å²) >= 11 is 0. The van der Waals surface area contributed by atoms with Gasteiger partial charge in [-0.05, 0) is 30.5 Å². The lowest BCUT2D eigenvalue weighted by molar-refractivity contribution is -0.117. The summed E-state index contributed by atoms with van der Waals surface area (Å²) in [6, 6.07) is 4.13. The number of carbonyl (C=O) groups excluding carboxylic acids is 1. The number of benzene rings is 1. The summed E-state index contributed by atoms with van der Waals surface area (Å²) in [6.45, 7) is 1.80. The van der Waals surface area contributed by atoms with Crippen molar-refractivity contribution < 1.29 is 22.0 Å². The molecule has 1 saturated carbocycles. The third kappa shape index (κ3) is 3.92. The number of aryl methyl sites for hydroxylation is 2. The van der Waals surface area contributed by atoms with E-state index in [4.69, 9.17) is 0 Å². The van der Waals surface area contributed by atoms with Gasteiger partial charge in [0.2, 0.25) is 5.91 Å². The predicted molar refractivity (Wildman–Crippen MR) is 117 cm³/mol. The van der Waals surface area contributed by atoms with E-state index in [0.717, 1.165) is 12.3 Å². The second kappa shape index (κ2) is 7.80. The summed E-state index contributed by atoms with van der Waals surface area (Å²) in [5.74, 6) is -1.42. The van der Waals surface area contributed by atoms with Gasteiger partial charge in [-0.3, -0.25) is 4.79 Å². The molecule has 0 saturated heterocycles. The van der Waals surface area contributed by atoms with E-state index in [1.54, 1.807) is 38.0 Å². The number of anilines is 3. The molecular weight excluding hydrogens is 440 g/mol. The molecule has 0 aliphatic heterocycles. The Morgan fingerprint density at radius 2 is 2.03 bits per heavy atom. The van der Waals surface area contributed by atoms with Crippen molar-refractivity contribution in [1.82, 2.24) is 14.5 Å². The number of amides is 1. The number of nitrogens with one attached hydrogen (secondary N) is 1. The minimum absolute atomic E-state index is 0.0998. The third-order valence-corrected chi connectivity index (χ3v) is 6.69. The van der Waals surface area contributed by atoms with E-state index in [2.05, 4.69) is 15.3 Å². The Balaban J connectivity index is 1.81. The van der Waals surface area contributed by atoms with Crippen molar-refractivity contribution in [1.29, 1.82) is 0 Å². The van der Waals surface area contributed by atoms with Crippen LogP contribution in [0.15, 0.2) is 29.4 Å². The SMILES string of the molecule is CCc1cc(S(C)(=O)=O)cc(F)c1N(C)c1cc2c(ncn2C)c(NC(=O)[C@H]2C[C@H]2F)n1. The number of rotatable bonds is 6. The first kappa shape index (κ1) is 22.1. The number of nitrogens with zero attached hydrogens (tertiary/aromatic N) is 4. The highest BCUT2D eigenvalue weighted by molar-refractivity contribution is 7.90. The monoisotopic (exact) mass is 463 g/mol. The lowest BCUT2D eigenvalue weighted by atomic mass is 10.1. The van der Waals surface area contributed by atoms with Gasteiger partial charge in [0.25, 0.3) is 0 Å². The van der Waals surface area contributed by atoms with Gasteiger partial charge in [-0.1, -0.05) is 6.92 Å². The number of hydrogen-bond donors (Lipinski definition) is 1. The summed E-state index contributed by atoms with van der Waals surface area (Å²) in [5.41, 5.74) is 1.73. The molecule has 1 aliphatic rings. The molecule has 1 amide bonds. The maximum absolute atomic E-state index is 15.1. The molecule has 4 rings (SSSR count). The summed E-state index contributed by atoms with van der Waals surface area (Å²) < 4.78 is 54.0. The first-order valence-corrected chi connectivity index (χ1v) is 11.9. The van der Waals surface area contributed by atoms with Gasteiger partial charge in [-0.25, -0.2) is 27.2 Å². The summed E-state index contributed by atoms with van der Waals surface area (Å²) in [7, 11) is -0.213. The molecule has 0 bridgehead atoms. The highest BCUT2D eigenvalue weighted by atomic mass is 32.2. The molecule has 2 heterocycles. The van der Waals surface area contributed by atoms with Crippen LogP contribution < -0.4 is 10.2 Å². The van der Waals surface area contributed by atoms with E-state index >= 15 is 4.39 Å². The number of halogens is 2. The van der Waals surface area contributed by atoms with Crippen molar-refractivity contribution >= 4 is 44.1 Å². The number of aromatic nitrogens is 3. The fourth-order valence-electron chi connectivity index (χ4n) is 3.62. The van der Waals surface area contributed by atoms with Crippen molar-refractivity contribution in [3.8, 4) is 0 Å². The van der Waals surface area contributed by atoms with Crippen LogP contribution in [0.25, 0.3) is 11.0 Å². The number of alkyl halides is 1. The topological polar surface area (TPSA) is 97.2 Å². The minimum atomic E-state index is -3.58. The van der Waals surface area contributed by atoms with Crippen molar-refractivity contribution in [3.63, 3.8) is 0 Å². The number of hydrogen-bond acceptors (Lipinski definition) is 6. The summed E-state index contributed by atoms with van der Waals surface area (Å²) in [5, 5.41) is 2.64. The third-order valence-electron chi connectivity index (χ3n) is 5.59. The molecule has 1 N–H and O–H groups in total. The summed E-state index contributed by atoms with van der Waals surface area (Å²) in [6.07, 6.45) is 1.99.